The summed E-state index contributed by atoms with van der Waals surface area (Å²) in [5, 5.41) is 18.4. The summed E-state index contributed by atoms with van der Waals surface area (Å²) in [6, 6.07) is 7.63. The van der Waals surface area contributed by atoms with E-state index >= 15 is 0 Å². The van der Waals surface area contributed by atoms with E-state index in [0.717, 1.165) is 36.8 Å². The zero-order chi connectivity index (χ0) is 14.7. The molecule has 6 nitrogen and oxygen atoms in total. The average molecular weight is 288 g/mol. The average Bonchev–Trinajstić information content (AvgIpc) is 2.96. The number of aromatic nitrogens is 3. The topological polar surface area (TPSA) is 63.4 Å². The summed E-state index contributed by atoms with van der Waals surface area (Å²) in [7, 11) is 0. The number of hydrogen-bond donors (Lipinski definition) is 1. The van der Waals surface area contributed by atoms with Gasteiger partial charge in [0.05, 0.1) is 19.3 Å². The van der Waals surface area contributed by atoms with E-state index in [-0.39, 0.29) is 0 Å². The smallest absolute Gasteiger partial charge is 0.147 e. The standard InChI is InChI=1S/C15H20N4O2/c1-2-21-13-5-3-12(4-6-13)14(20)9-18-7-8-19-11-16-17-15(19)10-18/h3-6,11,14,20H,2,7-10H2,1H3. The lowest BCUT2D eigenvalue weighted by molar-refractivity contribution is 0.0962. The van der Waals surface area contributed by atoms with Crippen molar-refractivity contribution in [3.8, 4) is 5.75 Å². The molecule has 0 fully saturated rings. The minimum Gasteiger partial charge on any atom is -0.494 e. The zero-order valence-electron chi connectivity index (χ0n) is 12.1. The SMILES string of the molecule is CCOc1ccc(C(O)CN2CCn3cnnc3C2)cc1. The van der Waals surface area contributed by atoms with Gasteiger partial charge < -0.3 is 14.4 Å². The molecule has 0 saturated carbocycles. The number of hydrogen-bond acceptors (Lipinski definition) is 5. The molecular formula is C15H20N4O2. The van der Waals surface area contributed by atoms with Crippen LogP contribution in [0.4, 0.5) is 0 Å². The van der Waals surface area contributed by atoms with Crippen LogP contribution in [0.3, 0.4) is 0 Å². The summed E-state index contributed by atoms with van der Waals surface area (Å²) in [6.07, 6.45) is 1.25. The molecule has 2 aromatic rings. The number of rotatable bonds is 5. The molecule has 0 spiro atoms. The molecule has 1 aromatic heterocycles. The second-order valence-corrected chi connectivity index (χ2v) is 5.19. The minimum atomic E-state index is -0.504. The molecule has 1 aromatic carbocycles. The lowest BCUT2D eigenvalue weighted by atomic mass is 10.1. The van der Waals surface area contributed by atoms with Crippen molar-refractivity contribution < 1.29 is 9.84 Å². The van der Waals surface area contributed by atoms with Crippen LogP contribution in [-0.2, 0) is 13.1 Å². The molecule has 1 aliphatic rings. The Morgan fingerprint density at radius 2 is 2.10 bits per heavy atom. The van der Waals surface area contributed by atoms with Gasteiger partial charge in [-0.2, -0.15) is 0 Å². The van der Waals surface area contributed by atoms with Gasteiger partial charge in [0.15, 0.2) is 0 Å². The maximum Gasteiger partial charge on any atom is 0.147 e. The van der Waals surface area contributed by atoms with E-state index in [1.54, 1.807) is 6.33 Å². The third-order valence-electron chi connectivity index (χ3n) is 3.72. The Morgan fingerprint density at radius 1 is 1.29 bits per heavy atom. The normalized spacial score (nSPS) is 16.5. The summed E-state index contributed by atoms with van der Waals surface area (Å²) in [5.41, 5.74) is 0.908. The van der Waals surface area contributed by atoms with Crippen LogP contribution in [0.1, 0.15) is 24.4 Å². The predicted molar refractivity (Wildman–Crippen MR) is 77.9 cm³/mol. The fourth-order valence-electron chi connectivity index (χ4n) is 2.58. The first-order valence-electron chi connectivity index (χ1n) is 7.26. The molecule has 1 aliphatic heterocycles. The van der Waals surface area contributed by atoms with Gasteiger partial charge in [-0.3, -0.25) is 4.90 Å². The van der Waals surface area contributed by atoms with Gasteiger partial charge in [-0.1, -0.05) is 12.1 Å². The van der Waals surface area contributed by atoms with Gasteiger partial charge in [0, 0.05) is 19.6 Å². The highest BCUT2D eigenvalue weighted by Gasteiger charge is 2.20. The highest BCUT2D eigenvalue weighted by Crippen LogP contribution is 2.20. The summed E-state index contributed by atoms with van der Waals surface area (Å²) < 4.78 is 7.47. The quantitative estimate of drug-likeness (QED) is 0.896. The Kier molecular flexibility index (Phi) is 4.17. The maximum absolute atomic E-state index is 10.4. The molecule has 6 heteroatoms. The number of β-amino-alcohol motifs (C(OH)–C–C–N with tert-alkyl or cyclic N) is 1. The maximum atomic E-state index is 10.4. The Balaban J connectivity index is 1.60. The van der Waals surface area contributed by atoms with Crippen LogP contribution in [0.25, 0.3) is 0 Å². The van der Waals surface area contributed by atoms with E-state index in [4.69, 9.17) is 4.74 Å². The van der Waals surface area contributed by atoms with Crippen LogP contribution in [0, 0.1) is 0 Å². The number of benzene rings is 1. The van der Waals surface area contributed by atoms with Crippen molar-refractivity contribution in [3.05, 3.63) is 42.0 Å². The van der Waals surface area contributed by atoms with Crippen molar-refractivity contribution in [2.75, 3.05) is 19.7 Å². The lowest BCUT2D eigenvalue weighted by Gasteiger charge is -2.28. The first-order chi connectivity index (χ1) is 10.3. The van der Waals surface area contributed by atoms with E-state index in [2.05, 4.69) is 19.7 Å². The number of aliphatic hydroxyl groups is 1. The minimum absolute atomic E-state index is 0.504. The largest absolute Gasteiger partial charge is 0.494 e. The van der Waals surface area contributed by atoms with Crippen molar-refractivity contribution in [1.82, 2.24) is 19.7 Å². The molecule has 1 unspecified atom stereocenters. The van der Waals surface area contributed by atoms with Gasteiger partial charge in [0.1, 0.15) is 17.9 Å². The monoisotopic (exact) mass is 288 g/mol. The van der Waals surface area contributed by atoms with Gasteiger partial charge >= 0.3 is 0 Å². The van der Waals surface area contributed by atoms with Crippen molar-refractivity contribution in [3.63, 3.8) is 0 Å². The molecule has 2 heterocycles. The highest BCUT2D eigenvalue weighted by molar-refractivity contribution is 5.28. The Bertz CT molecular complexity index is 582. The van der Waals surface area contributed by atoms with Crippen LogP contribution >= 0.6 is 0 Å². The number of aliphatic hydroxyl groups excluding tert-OH is 1. The van der Waals surface area contributed by atoms with Crippen LogP contribution in [-0.4, -0.2) is 44.5 Å². The number of fused-ring (bicyclic) bond motifs is 1. The third kappa shape index (κ3) is 3.22. The van der Waals surface area contributed by atoms with Crippen LogP contribution in [0.2, 0.25) is 0 Å². The molecule has 0 aliphatic carbocycles. The van der Waals surface area contributed by atoms with E-state index in [1.807, 2.05) is 31.2 Å². The highest BCUT2D eigenvalue weighted by atomic mass is 16.5. The summed E-state index contributed by atoms with van der Waals surface area (Å²) >= 11 is 0. The van der Waals surface area contributed by atoms with Gasteiger partial charge in [0.25, 0.3) is 0 Å². The molecule has 1 atom stereocenters. The van der Waals surface area contributed by atoms with Crippen LogP contribution < -0.4 is 4.74 Å². The second-order valence-electron chi connectivity index (χ2n) is 5.19. The van der Waals surface area contributed by atoms with Crippen molar-refractivity contribution in [2.45, 2.75) is 26.1 Å². The summed E-state index contributed by atoms with van der Waals surface area (Å²) in [4.78, 5) is 2.20. The Labute approximate surface area is 124 Å². The summed E-state index contributed by atoms with van der Waals surface area (Å²) in [5.74, 6) is 1.79. The molecule has 0 amide bonds. The Morgan fingerprint density at radius 3 is 2.86 bits per heavy atom. The third-order valence-corrected chi connectivity index (χ3v) is 3.72. The fraction of sp³-hybridized carbons (Fsp3) is 0.467. The van der Waals surface area contributed by atoms with E-state index in [1.165, 1.54) is 0 Å². The summed E-state index contributed by atoms with van der Waals surface area (Å²) in [6.45, 7) is 5.71. The second kappa shape index (κ2) is 6.24. The van der Waals surface area contributed by atoms with Crippen molar-refractivity contribution in [1.29, 1.82) is 0 Å². The molecule has 112 valence electrons. The zero-order valence-corrected chi connectivity index (χ0v) is 12.1. The van der Waals surface area contributed by atoms with E-state index in [0.29, 0.717) is 13.2 Å². The van der Waals surface area contributed by atoms with Crippen LogP contribution in [0.5, 0.6) is 5.75 Å². The first-order valence-corrected chi connectivity index (χ1v) is 7.26. The van der Waals surface area contributed by atoms with Gasteiger partial charge in [-0.05, 0) is 24.6 Å². The molecule has 1 N–H and O–H groups in total. The lowest BCUT2D eigenvalue weighted by Crippen LogP contribution is -2.36. The van der Waals surface area contributed by atoms with Crippen molar-refractivity contribution >= 4 is 0 Å². The van der Waals surface area contributed by atoms with E-state index in [9.17, 15) is 5.11 Å². The number of ether oxygens (including phenoxy) is 1. The molecular weight excluding hydrogens is 268 g/mol. The van der Waals surface area contributed by atoms with Crippen LogP contribution in [0.15, 0.2) is 30.6 Å². The van der Waals surface area contributed by atoms with Gasteiger partial charge in [-0.25, -0.2) is 0 Å². The molecule has 0 saturated heterocycles. The first kappa shape index (κ1) is 14.0. The molecule has 3 rings (SSSR count). The molecule has 0 bridgehead atoms. The fourth-order valence-corrected chi connectivity index (χ4v) is 2.58. The van der Waals surface area contributed by atoms with Crippen molar-refractivity contribution in [2.24, 2.45) is 0 Å². The van der Waals surface area contributed by atoms with Gasteiger partial charge in [-0.15, -0.1) is 10.2 Å². The van der Waals surface area contributed by atoms with Gasteiger partial charge in [0.2, 0.25) is 0 Å². The predicted octanol–water partition coefficient (Wildman–Crippen LogP) is 1.23. The van der Waals surface area contributed by atoms with E-state index < -0.39 is 6.10 Å². The molecule has 21 heavy (non-hydrogen) atoms. The Hall–Kier alpha value is -1.92. The molecule has 0 radical (unpaired) electrons. The number of nitrogens with zero attached hydrogens (tertiary/aromatic N) is 4.